The molecule has 4 rings (SSSR count). The summed E-state index contributed by atoms with van der Waals surface area (Å²) >= 11 is 0. The molecule has 2 heterocycles. The Bertz CT molecular complexity index is 915. The number of fused-ring (bicyclic) bond motifs is 3. The number of nitrogens with zero attached hydrogens (tertiary/aromatic N) is 1. The molecule has 0 amide bonds. The Morgan fingerprint density at radius 3 is 2.74 bits per heavy atom. The Morgan fingerprint density at radius 2 is 1.91 bits per heavy atom. The maximum Gasteiger partial charge on any atom is 0.341 e. The average molecular weight is 307 g/mol. The first kappa shape index (κ1) is 14.0. The smallest absolute Gasteiger partial charge is 0.341 e. The van der Waals surface area contributed by atoms with Crippen molar-refractivity contribution in [1.82, 2.24) is 4.90 Å². The van der Waals surface area contributed by atoms with Gasteiger partial charge >= 0.3 is 5.63 Å². The number of phenolic OH excluding ortho intramolecular Hbond substituents is 1. The molecule has 0 aliphatic carbocycles. The molecule has 1 aliphatic rings. The van der Waals surface area contributed by atoms with Gasteiger partial charge in [0.05, 0.1) is 5.56 Å². The maximum atomic E-state index is 12.3. The predicted octanol–water partition coefficient (Wildman–Crippen LogP) is 3.06. The lowest BCUT2D eigenvalue weighted by Crippen LogP contribution is -2.33. The number of benzene rings is 2. The number of phenols is 1. The van der Waals surface area contributed by atoms with E-state index in [0.29, 0.717) is 12.1 Å². The van der Waals surface area contributed by atoms with E-state index in [0.717, 1.165) is 36.0 Å². The Hall–Kier alpha value is -2.59. The molecular weight excluding hydrogens is 290 g/mol. The Balaban J connectivity index is 1.70. The lowest BCUT2D eigenvalue weighted by Gasteiger charge is -2.28. The van der Waals surface area contributed by atoms with Crippen LogP contribution in [0.2, 0.25) is 0 Å². The molecule has 0 unspecified atom stereocenters. The molecule has 1 aromatic heterocycles. The van der Waals surface area contributed by atoms with Crippen molar-refractivity contribution in [3.63, 3.8) is 0 Å². The fourth-order valence-corrected chi connectivity index (χ4v) is 3.29. The van der Waals surface area contributed by atoms with Gasteiger partial charge in [-0.2, -0.15) is 0 Å². The van der Waals surface area contributed by atoms with Crippen LogP contribution in [0, 0.1) is 0 Å². The zero-order chi connectivity index (χ0) is 15.8. The SMILES string of the molecule is O=c1oc2cc(O)ccc2c2c1CN(Cc1ccccc1)CC2. The molecule has 0 bridgehead atoms. The third-order valence-corrected chi connectivity index (χ3v) is 4.41. The first-order valence-corrected chi connectivity index (χ1v) is 7.74. The molecule has 0 spiro atoms. The highest BCUT2D eigenvalue weighted by molar-refractivity contribution is 5.82. The Morgan fingerprint density at radius 1 is 1.09 bits per heavy atom. The van der Waals surface area contributed by atoms with Gasteiger partial charge in [-0.25, -0.2) is 4.79 Å². The minimum Gasteiger partial charge on any atom is -0.508 e. The summed E-state index contributed by atoms with van der Waals surface area (Å²) in [7, 11) is 0. The lowest BCUT2D eigenvalue weighted by molar-refractivity contribution is 0.241. The monoisotopic (exact) mass is 307 g/mol. The molecule has 23 heavy (non-hydrogen) atoms. The maximum absolute atomic E-state index is 12.3. The van der Waals surface area contributed by atoms with E-state index in [4.69, 9.17) is 4.42 Å². The van der Waals surface area contributed by atoms with Gasteiger partial charge < -0.3 is 9.52 Å². The van der Waals surface area contributed by atoms with E-state index in [-0.39, 0.29) is 11.4 Å². The first-order chi connectivity index (χ1) is 11.2. The van der Waals surface area contributed by atoms with Crippen molar-refractivity contribution in [1.29, 1.82) is 0 Å². The second-order valence-electron chi connectivity index (χ2n) is 5.97. The van der Waals surface area contributed by atoms with Crippen molar-refractivity contribution in [2.75, 3.05) is 6.54 Å². The molecular formula is C19H17NO3. The highest BCUT2D eigenvalue weighted by Crippen LogP contribution is 2.28. The van der Waals surface area contributed by atoms with Crippen LogP contribution in [0.15, 0.2) is 57.7 Å². The van der Waals surface area contributed by atoms with Gasteiger partial charge in [-0.15, -0.1) is 0 Å². The first-order valence-electron chi connectivity index (χ1n) is 7.74. The fraction of sp³-hybridized carbons (Fsp3) is 0.211. The largest absolute Gasteiger partial charge is 0.508 e. The summed E-state index contributed by atoms with van der Waals surface area (Å²) in [6.07, 6.45) is 0.815. The Kier molecular flexibility index (Phi) is 3.39. The molecule has 0 atom stereocenters. The molecule has 3 aromatic rings. The molecule has 0 fully saturated rings. The van der Waals surface area contributed by atoms with Crippen LogP contribution >= 0.6 is 0 Å². The number of hydrogen-bond donors (Lipinski definition) is 1. The van der Waals surface area contributed by atoms with Gasteiger partial charge in [-0.05, 0) is 29.7 Å². The van der Waals surface area contributed by atoms with Crippen LogP contribution in [-0.4, -0.2) is 16.6 Å². The summed E-state index contributed by atoms with van der Waals surface area (Å²) in [4.78, 5) is 14.6. The van der Waals surface area contributed by atoms with Gasteiger partial charge in [0.1, 0.15) is 11.3 Å². The van der Waals surface area contributed by atoms with E-state index in [9.17, 15) is 9.90 Å². The molecule has 0 radical (unpaired) electrons. The van der Waals surface area contributed by atoms with Crippen molar-refractivity contribution in [2.24, 2.45) is 0 Å². The third kappa shape index (κ3) is 2.62. The van der Waals surface area contributed by atoms with Crippen LogP contribution in [0.3, 0.4) is 0 Å². The second kappa shape index (κ2) is 5.56. The van der Waals surface area contributed by atoms with Crippen molar-refractivity contribution in [3.05, 3.63) is 75.6 Å². The zero-order valence-corrected chi connectivity index (χ0v) is 12.7. The van der Waals surface area contributed by atoms with E-state index < -0.39 is 0 Å². The third-order valence-electron chi connectivity index (χ3n) is 4.41. The summed E-state index contributed by atoms with van der Waals surface area (Å²) in [6, 6.07) is 15.2. The Labute approximate surface area is 133 Å². The molecule has 1 N–H and O–H groups in total. The summed E-state index contributed by atoms with van der Waals surface area (Å²) in [5.41, 5.74) is 3.21. The molecule has 4 heteroatoms. The molecule has 1 aliphatic heterocycles. The van der Waals surface area contributed by atoms with Crippen molar-refractivity contribution >= 4 is 11.0 Å². The van der Waals surface area contributed by atoms with Crippen LogP contribution in [0.5, 0.6) is 5.75 Å². The summed E-state index contributed by atoms with van der Waals surface area (Å²) < 4.78 is 5.40. The fourth-order valence-electron chi connectivity index (χ4n) is 3.29. The number of rotatable bonds is 2. The van der Waals surface area contributed by atoms with Crippen LogP contribution in [0.4, 0.5) is 0 Å². The second-order valence-corrected chi connectivity index (χ2v) is 5.97. The molecule has 0 saturated carbocycles. The number of aromatic hydroxyl groups is 1. The van der Waals surface area contributed by atoms with Crippen LogP contribution in [-0.2, 0) is 19.5 Å². The number of hydrogen-bond acceptors (Lipinski definition) is 4. The molecule has 2 aromatic carbocycles. The normalized spacial score (nSPS) is 14.8. The molecule has 116 valence electrons. The van der Waals surface area contributed by atoms with E-state index in [1.165, 1.54) is 11.6 Å². The van der Waals surface area contributed by atoms with Gasteiger partial charge in [0.15, 0.2) is 0 Å². The average Bonchev–Trinajstić information content (AvgIpc) is 2.56. The molecule has 4 nitrogen and oxygen atoms in total. The topological polar surface area (TPSA) is 53.7 Å². The van der Waals surface area contributed by atoms with Crippen molar-refractivity contribution in [2.45, 2.75) is 19.5 Å². The van der Waals surface area contributed by atoms with Crippen LogP contribution in [0.25, 0.3) is 11.0 Å². The van der Waals surface area contributed by atoms with Crippen molar-refractivity contribution < 1.29 is 9.52 Å². The zero-order valence-electron chi connectivity index (χ0n) is 12.7. The summed E-state index contributed by atoms with van der Waals surface area (Å²) in [5.74, 6) is 0.113. The minimum atomic E-state index is -0.295. The summed E-state index contributed by atoms with van der Waals surface area (Å²) in [6.45, 7) is 2.33. The lowest BCUT2D eigenvalue weighted by atomic mass is 9.97. The van der Waals surface area contributed by atoms with Gasteiger partial charge in [0.2, 0.25) is 0 Å². The minimum absolute atomic E-state index is 0.113. The van der Waals surface area contributed by atoms with Gasteiger partial charge in [0.25, 0.3) is 0 Å². The quantitative estimate of drug-likeness (QED) is 0.739. The van der Waals surface area contributed by atoms with E-state index >= 15 is 0 Å². The van der Waals surface area contributed by atoms with Crippen LogP contribution < -0.4 is 5.63 Å². The van der Waals surface area contributed by atoms with Gasteiger partial charge in [-0.1, -0.05) is 30.3 Å². The van der Waals surface area contributed by atoms with Gasteiger partial charge in [0, 0.05) is 31.1 Å². The highest BCUT2D eigenvalue weighted by Gasteiger charge is 2.22. The van der Waals surface area contributed by atoms with Gasteiger partial charge in [-0.3, -0.25) is 4.90 Å². The van der Waals surface area contributed by atoms with Crippen molar-refractivity contribution in [3.8, 4) is 5.75 Å². The van der Waals surface area contributed by atoms with E-state index in [2.05, 4.69) is 17.0 Å². The standard InChI is InChI=1S/C19H17NO3/c21-14-6-7-16-15-8-9-20(11-13-4-2-1-3-5-13)12-17(15)19(22)23-18(16)10-14/h1-7,10,21H,8-9,11-12H2. The van der Waals surface area contributed by atoms with E-state index in [1.54, 1.807) is 6.07 Å². The van der Waals surface area contributed by atoms with Crippen LogP contribution in [0.1, 0.15) is 16.7 Å². The predicted molar refractivity (Wildman–Crippen MR) is 88.4 cm³/mol. The van der Waals surface area contributed by atoms with E-state index in [1.807, 2.05) is 24.3 Å². The highest BCUT2D eigenvalue weighted by atomic mass is 16.4. The summed E-state index contributed by atoms with van der Waals surface area (Å²) in [5, 5.41) is 10.5. The molecule has 0 saturated heterocycles.